The minimum atomic E-state index is -0.697. The van der Waals surface area contributed by atoms with Gasteiger partial charge in [-0.3, -0.25) is 14.7 Å². The highest BCUT2D eigenvalue weighted by Crippen LogP contribution is 2.38. The van der Waals surface area contributed by atoms with Crippen molar-refractivity contribution in [3.8, 4) is 11.4 Å². The van der Waals surface area contributed by atoms with Gasteiger partial charge in [0.25, 0.3) is 5.56 Å². The number of benzene rings is 2. The molecule has 0 aliphatic carbocycles. The average Bonchev–Trinajstić information content (AvgIpc) is 2.81. The number of fused-ring (bicyclic) bond motifs is 2. The number of aromatic nitrogens is 4. The van der Waals surface area contributed by atoms with Gasteiger partial charge in [0.05, 0.1) is 24.2 Å². The van der Waals surface area contributed by atoms with Crippen LogP contribution >= 0.6 is 0 Å². The lowest BCUT2D eigenvalue weighted by Crippen LogP contribution is -2.53. The molecule has 2 aromatic heterocycles. The standard InChI is InChI=1S/C25H25N5O2/c1-25(2)19(12-22(31)18-8-7-16-5-3-4-6-17(16)11-18)24-29-21(20-9-10-26-14-27-20)13-23(32)30(24)15-28-25/h3-11,13-14,19,22,28,31H,12,15H2,1-2H3. The van der Waals surface area contributed by atoms with Gasteiger partial charge in [0.1, 0.15) is 12.2 Å². The average molecular weight is 428 g/mol. The molecule has 0 saturated carbocycles. The van der Waals surface area contributed by atoms with E-state index in [1.165, 1.54) is 12.4 Å². The Balaban J connectivity index is 1.54. The summed E-state index contributed by atoms with van der Waals surface area (Å²) in [5.41, 5.74) is 1.47. The zero-order valence-corrected chi connectivity index (χ0v) is 18.1. The second-order valence-electron chi connectivity index (χ2n) is 8.83. The smallest absolute Gasteiger partial charge is 0.255 e. The molecule has 5 rings (SSSR count). The molecule has 2 aromatic carbocycles. The maximum absolute atomic E-state index is 12.9. The molecule has 0 radical (unpaired) electrons. The van der Waals surface area contributed by atoms with E-state index in [0.717, 1.165) is 16.3 Å². The Bertz CT molecular complexity index is 1330. The van der Waals surface area contributed by atoms with Crippen LogP contribution in [0, 0.1) is 0 Å². The Hall–Kier alpha value is -3.42. The Kier molecular flexibility index (Phi) is 5.07. The van der Waals surface area contributed by atoms with Crippen LogP contribution in [0.5, 0.6) is 0 Å². The van der Waals surface area contributed by atoms with Crippen LogP contribution in [-0.2, 0) is 6.67 Å². The number of aliphatic hydroxyl groups excluding tert-OH is 1. The number of aliphatic hydroxyl groups is 1. The second-order valence-corrected chi connectivity index (χ2v) is 8.83. The van der Waals surface area contributed by atoms with Gasteiger partial charge in [-0.05, 0) is 48.7 Å². The maximum Gasteiger partial charge on any atom is 0.255 e. The summed E-state index contributed by atoms with van der Waals surface area (Å²) in [6.45, 7) is 4.54. The van der Waals surface area contributed by atoms with E-state index < -0.39 is 6.10 Å². The van der Waals surface area contributed by atoms with Crippen molar-refractivity contribution in [3.05, 3.63) is 88.9 Å². The van der Waals surface area contributed by atoms with Gasteiger partial charge >= 0.3 is 0 Å². The van der Waals surface area contributed by atoms with Crippen LogP contribution < -0.4 is 10.9 Å². The van der Waals surface area contributed by atoms with E-state index in [1.807, 2.05) is 36.4 Å². The predicted molar refractivity (Wildman–Crippen MR) is 123 cm³/mol. The Labute approximate surface area is 185 Å². The fraction of sp³-hybridized carbons (Fsp3) is 0.280. The first kappa shape index (κ1) is 20.5. The monoisotopic (exact) mass is 427 g/mol. The quantitative estimate of drug-likeness (QED) is 0.519. The molecule has 1 aliphatic heterocycles. The topological polar surface area (TPSA) is 92.9 Å². The van der Waals surface area contributed by atoms with Gasteiger partial charge < -0.3 is 5.11 Å². The summed E-state index contributed by atoms with van der Waals surface area (Å²) < 4.78 is 1.65. The van der Waals surface area contributed by atoms with Gasteiger partial charge in [-0.1, -0.05) is 36.4 Å². The zero-order chi connectivity index (χ0) is 22.3. The van der Waals surface area contributed by atoms with Gasteiger partial charge in [-0.2, -0.15) is 0 Å². The lowest BCUT2D eigenvalue weighted by Gasteiger charge is -2.41. The molecule has 7 nitrogen and oxygen atoms in total. The van der Waals surface area contributed by atoms with Crippen molar-refractivity contribution < 1.29 is 5.11 Å². The summed E-state index contributed by atoms with van der Waals surface area (Å²) in [6, 6.07) is 17.4. The first-order valence-electron chi connectivity index (χ1n) is 10.7. The molecule has 3 heterocycles. The fourth-order valence-corrected chi connectivity index (χ4v) is 4.43. The molecule has 32 heavy (non-hydrogen) atoms. The molecule has 0 bridgehead atoms. The molecule has 162 valence electrons. The largest absolute Gasteiger partial charge is 0.388 e. The highest BCUT2D eigenvalue weighted by Gasteiger charge is 2.39. The maximum atomic E-state index is 12.9. The van der Waals surface area contributed by atoms with Crippen molar-refractivity contribution in [3.63, 3.8) is 0 Å². The van der Waals surface area contributed by atoms with Crippen LogP contribution in [0.2, 0.25) is 0 Å². The Morgan fingerprint density at radius 3 is 2.72 bits per heavy atom. The third-order valence-corrected chi connectivity index (χ3v) is 6.38. The molecule has 1 aliphatic rings. The lowest BCUT2D eigenvalue weighted by atomic mass is 9.80. The zero-order valence-electron chi connectivity index (χ0n) is 18.1. The van der Waals surface area contributed by atoms with Gasteiger partial charge in [0.15, 0.2) is 0 Å². The molecule has 0 fully saturated rings. The summed E-state index contributed by atoms with van der Waals surface area (Å²) in [6.07, 6.45) is 2.81. The molecular weight excluding hydrogens is 402 g/mol. The molecule has 0 spiro atoms. The van der Waals surface area contributed by atoms with Gasteiger partial charge in [-0.15, -0.1) is 0 Å². The van der Waals surface area contributed by atoms with Crippen LogP contribution in [0.3, 0.4) is 0 Å². The number of nitrogens with one attached hydrogen (secondary N) is 1. The van der Waals surface area contributed by atoms with E-state index in [2.05, 4.69) is 35.2 Å². The van der Waals surface area contributed by atoms with E-state index in [0.29, 0.717) is 30.3 Å². The van der Waals surface area contributed by atoms with Crippen molar-refractivity contribution >= 4 is 10.8 Å². The van der Waals surface area contributed by atoms with Crippen LogP contribution in [0.25, 0.3) is 22.2 Å². The number of rotatable bonds is 4. The number of hydrogen-bond donors (Lipinski definition) is 2. The Morgan fingerprint density at radius 2 is 1.94 bits per heavy atom. The van der Waals surface area contributed by atoms with Crippen molar-refractivity contribution in [1.29, 1.82) is 0 Å². The molecule has 4 aromatic rings. The van der Waals surface area contributed by atoms with Gasteiger partial charge in [0.2, 0.25) is 0 Å². The van der Waals surface area contributed by atoms with Crippen LogP contribution in [0.4, 0.5) is 0 Å². The number of nitrogens with zero attached hydrogens (tertiary/aromatic N) is 4. The van der Waals surface area contributed by atoms with E-state index in [4.69, 9.17) is 4.98 Å². The lowest BCUT2D eigenvalue weighted by molar-refractivity contribution is 0.120. The second kappa shape index (κ2) is 7.93. The summed E-state index contributed by atoms with van der Waals surface area (Å²) in [7, 11) is 0. The van der Waals surface area contributed by atoms with Gasteiger partial charge in [0, 0.05) is 23.7 Å². The molecule has 0 saturated heterocycles. The van der Waals surface area contributed by atoms with Crippen molar-refractivity contribution in [2.75, 3.05) is 0 Å². The molecular formula is C25H25N5O2. The SMILES string of the molecule is CC1(C)NCn2c(nc(-c3ccncn3)cc2=O)C1CC(O)c1ccc2ccccc2c1. The third-order valence-electron chi connectivity index (χ3n) is 6.38. The summed E-state index contributed by atoms with van der Waals surface area (Å²) in [5, 5.41) is 16.8. The summed E-state index contributed by atoms with van der Waals surface area (Å²) >= 11 is 0. The van der Waals surface area contributed by atoms with Crippen molar-refractivity contribution in [2.45, 2.75) is 44.5 Å². The van der Waals surface area contributed by atoms with Gasteiger partial charge in [-0.25, -0.2) is 15.0 Å². The minimum Gasteiger partial charge on any atom is -0.388 e. The van der Waals surface area contributed by atoms with Crippen LogP contribution in [-0.4, -0.2) is 30.2 Å². The van der Waals surface area contributed by atoms with Crippen LogP contribution in [0.1, 0.15) is 43.7 Å². The predicted octanol–water partition coefficient (Wildman–Crippen LogP) is 3.40. The molecule has 2 atom stereocenters. The van der Waals surface area contributed by atoms with Crippen LogP contribution in [0.15, 0.2) is 71.9 Å². The minimum absolute atomic E-state index is 0.142. The first-order chi connectivity index (χ1) is 15.4. The van der Waals surface area contributed by atoms with Crippen molar-refractivity contribution in [2.24, 2.45) is 0 Å². The van der Waals surface area contributed by atoms with E-state index in [1.54, 1.807) is 16.8 Å². The molecule has 7 heteroatoms. The highest BCUT2D eigenvalue weighted by molar-refractivity contribution is 5.83. The summed E-state index contributed by atoms with van der Waals surface area (Å²) in [4.78, 5) is 25.9. The third kappa shape index (κ3) is 3.70. The van der Waals surface area contributed by atoms with Crippen molar-refractivity contribution in [1.82, 2.24) is 24.8 Å². The summed E-state index contributed by atoms with van der Waals surface area (Å²) in [5.74, 6) is 0.474. The fourth-order valence-electron chi connectivity index (χ4n) is 4.43. The van der Waals surface area contributed by atoms with E-state index in [-0.39, 0.29) is 17.0 Å². The molecule has 0 amide bonds. The highest BCUT2D eigenvalue weighted by atomic mass is 16.3. The molecule has 2 N–H and O–H groups in total. The first-order valence-corrected chi connectivity index (χ1v) is 10.7. The normalized spacial score (nSPS) is 18.3. The number of hydrogen-bond acceptors (Lipinski definition) is 6. The Morgan fingerprint density at radius 1 is 1.12 bits per heavy atom. The van der Waals surface area contributed by atoms with E-state index >= 15 is 0 Å². The molecule has 2 unspecified atom stereocenters. The van der Waals surface area contributed by atoms with E-state index in [9.17, 15) is 9.90 Å².